The SMILES string of the molecule is CCCCCCOc1ccc2c(C)c(OCCCBr)ccc2c1. The van der Waals surface area contributed by atoms with Gasteiger partial charge in [-0.25, -0.2) is 0 Å². The molecule has 0 amide bonds. The molecule has 0 fully saturated rings. The normalized spacial score (nSPS) is 10.9. The molecule has 0 saturated heterocycles. The molecule has 0 bridgehead atoms. The van der Waals surface area contributed by atoms with Crippen LogP contribution in [0.5, 0.6) is 11.5 Å². The average molecular weight is 379 g/mol. The van der Waals surface area contributed by atoms with E-state index in [1.807, 2.05) is 0 Å². The minimum atomic E-state index is 0.747. The number of rotatable bonds is 10. The van der Waals surface area contributed by atoms with Crippen LogP contribution >= 0.6 is 15.9 Å². The van der Waals surface area contributed by atoms with Crippen molar-refractivity contribution in [2.45, 2.75) is 46.0 Å². The first kappa shape index (κ1) is 18.1. The van der Waals surface area contributed by atoms with Crippen LogP contribution in [0.3, 0.4) is 0 Å². The van der Waals surface area contributed by atoms with Gasteiger partial charge in [0.1, 0.15) is 11.5 Å². The Hall–Kier alpha value is -1.22. The lowest BCUT2D eigenvalue weighted by Gasteiger charge is -2.12. The second-order valence-corrected chi connectivity index (χ2v) is 6.66. The number of hydrogen-bond acceptors (Lipinski definition) is 2. The third-order valence-electron chi connectivity index (χ3n) is 4.01. The van der Waals surface area contributed by atoms with Crippen molar-refractivity contribution in [1.82, 2.24) is 0 Å². The van der Waals surface area contributed by atoms with Crippen LogP contribution in [0.25, 0.3) is 10.8 Å². The molecule has 0 heterocycles. The lowest BCUT2D eigenvalue weighted by Crippen LogP contribution is -2.00. The molecule has 0 aliphatic rings. The van der Waals surface area contributed by atoms with Crippen LogP contribution in [-0.4, -0.2) is 18.5 Å². The Labute approximate surface area is 148 Å². The molecule has 0 aromatic heterocycles. The molecule has 2 rings (SSSR count). The van der Waals surface area contributed by atoms with Crippen LogP contribution in [-0.2, 0) is 0 Å². The van der Waals surface area contributed by atoms with Gasteiger partial charge in [-0.1, -0.05) is 54.2 Å². The van der Waals surface area contributed by atoms with Crippen LogP contribution in [0.2, 0.25) is 0 Å². The van der Waals surface area contributed by atoms with Gasteiger partial charge in [-0.15, -0.1) is 0 Å². The van der Waals surface area contributed by atoms with Crippen molar-refractivity contribution in [2.24, 2.45) is 0 Å². The Bertz CT molecular complexity index is 610. The summed E-state index contributed by atoms with van der Waals surface area (Å²) in [4.78, 5) is 0. The van der Waals surface area contributed by atoms with Gasteiger partial charge in [0, 0.05) is 5.33 Å². The predicted molar refractivity (Wildman–Crippen MR) is 102 cm³/mol. The molecule has 0 N–H and O–H groups in total. The lowest BCUT2D eigenvalue weighted by molar-refractivity contribution is 0.305. The molecule has 0 saturated carbocycles. The molecule has 0 unspecified atom stereocenters. The first-order valence-electron chi connectivity index (χ1n) is 8.61. The van der Waals surface area contributed by atoms with Crippen molar-refractivity contribution in [2.75, 3.05) is 18.5 Å². The van der Waals surface area contributed by atoms with E-state index in [1.54, 1.807) is 0 Å². The molecular weight excluding hydrogens is 352 g/mol. The number of unbranched alkanes of at least 4 members (excludes halogenated alkanes) is 3. The monoisotopic (exact) mass is 378 g/mol. The molecule has 2 aromatic carbocycles. The molecule has 2 nitrogen and oxygen atoms in total. The zero-order valence-corrected chi connectivity index (χ0v) is 15.8. The van der Waals surface area contributed by atoms with E-state index in [0.717, 1.165) is 42.9 Å². The topological polar surface area (TPSA) is 18.5 Å². The van der Waals surface area contributed by atoms with Gasteiger partial charge in [-0.05, 0) is 54.3 Å². The van der Waals surface area contributed by atoms with Gasteiger partial charge < -0.3 is 9.47 Å². The Kier molecular flexibility index (Phi) is 7.73. The van der Waals surface area contributed by atoms with E-state index in [1.165, 1.54) is 35.6 Å². The van der Waals surface area contributed by atoms with Crippen LogP contribution in [0.4, 0.5) is 0 Å². The minimum Gasteiger partial charge on any atom is -0.494 e. The fraction of sp³-hybridized carbons (Fsp3) is 0.500. The van der Waals surface area contributed by atoms with Gasteiger partial charge >= 0.3 is 0 Å². The summed E-state index contributed by atoms with van der Waals surface area (Å²) in [5.41, 5.74) is 1.20. The van der Waals surface area contributed by atoms with Crippen LogP contribution in [0, 0.1) is 6.92 Å². The molecule has 0 radical (unpaired) electrons. The van der Waals surface area contributed by atoms with Gasteiger partial charge in [0.2, 0.25) is 0 Å². The lowest BCUT2D eigenvalue weighted by atomic mass is 10.0. The fourth-order valence-electron chi connectivity index (χ4n) is 2.65. The van der Waals surface area contributed by atoms with Crippen LogP contribution in [0.1, 0.15) is 44.6 Å². The van der Waals surface area contributed by atoms with Crippen molar-refractivity contribution in [3.63, 3.8) is 0 Å². The number of benzene rings is 2. The summed E-state index contributed by atoms with van der Waals surface area (Å²) in [6.07, 6.45) is 5.94. The molecule has 0 aliphatic carbocycles. The molecule has 0 aliphatic heterocycles. The maximum atomic E-state index is 5.87. The zero-order valence-electron chi connectivity index (χ0n) is 14.2. The van der Waals surface area contributed by atoms with Gasteiger partial charge in [0.05, 0.1) is 13.2 Å². The number of halogens is 1. The van der Waals surface area contributed by atoms with Crippen molar-refractivity contribution < 1.29 is 9.47 Å². The summed E-state index contributed by atoms with van der Waals surface area (Å²) in [6, 6.07) is 10.5. The van der Waals surface area contributed by atoms with Gasteiger partial charge in [-0.3, -0.25) is 0 Å². The highest BCUT2D eigenvalue weighted by molar-refractivity contribution is 9.09. The van der Waals surface area contributed by atoms with Crippen LogP contribution in [0.15, 0.2) is 30.3 Å². The fourth-order valence-corrected chi connectivity index (χ4v) is 2.87. The summed E-state index contributed by atoms with van der Waals surface area (Å²) in [5, 5.41) is 3.42. The molecular formula is C20H27BrO2. The highest BCUT2D eigenvalue weighted by atomic mass is 79.9. The predicted octanol–water partition coefficient (Wildman–Crippen LogP) is 6.27. The number of ether oxygens (including phenoxy) is 2. The van der Waals surface area contributed by atoms with Gasteiger partial charge in [0.25, 0.3) is 0 Å². The summed E-state index contributed by atoms with van der Waals surface area (Å²) < 4.78 is 11.7. The second-order valence-electron chi connectivity index (χ2n) is 5.87. The first-order valence-corrected chi connectivity index (χ1v) is 9.73. The maximum Gasteiger partial charge on any atom is 0.122 e. The summed E-state index contributed by atoms with van der Waals surface area (Å²) in [5.74, 6) is 1.94. The molecule has 0 spiro atoms. The Morgan fingerprint density at radius 1 is 0.913 bits per heavy atom. The number of fused-ring (bicyclic) bond motifs is 1. The molecule has 2 aromatic rings. The van der Waals surface area contributed by atoms with Crippen molar-refractivity contribution in [1.29, 1.82) is 0 Å². The highest BCUT2D eigenvalue weighted by Gasteiger charge is 2.06. The Morgan fingerprint density at radius 2 is 1.74 bits per heavy atom. The third kappa shape index (κ3) is 5.42. The van der Waals surface area contributed by atoms with E-state index >= 15 is 0 Å². The van der Waals surface area contributed by atoms with E-state index in [-0.39, 0.29) is 0 Å². The largest absolute Gasteiger partial charge is 0.494 e. The summed E-state index contributed by atoms with van der Waals surface area (Å²) in [6.45, 7) is 5.90. The molecule has 126 valence electrons. The minimum absolute atomic E-state index is 0.747. The highest BCUT2D eigenvalue weighted by Crippen LogP contribution is 2.30. The quantitative estimate of drug-likeness (QED) is 0.358. The van der Waals surface area contributed by atoms with E-state index in [2.05, 4.69) is 60.1 Å². The van der Waals surface area contributed by atoms with E-state index in [4.69, 9.17) is 9.47 Å². The molecule has 3 heteroatoms. The van der Waals surface area contributed by atoms with Crippen molar-refractivity contribution >= 4 is 26.7 Å². The summed E-state index contributed by atoms with van der Waals surface area (Å²) in [7, 11) is 0. The number of alkyl halides is 1. The van der Waals surface area contributed by atoms with E-state index in [9.17, 15) is 0 Å². The van der Waals surface area contributed by atoms with E-state index in [0.29, 0.717) is 0 Å². The zero-order chi connectivity index (χ0) is 16.5. The van der Waals surface area contributed by atoms with E-state index < -0.39 is 0 Å². The maximum absolute atomic E-state index is 5.87. The van der Waals surface area contributed by atoms with Crippen molar-refractivity contribution in [3.8, 4) is 11.5 Å². The standard InChI is InChI=1S/C20H27BrO2/c1-3-4-5-6-13-22-18-9-10-19-16(2)20(23-14-7-12-21)11-8-17(19)15-18/h8-11,15H,3-7,12-14H2,1-2H3. The van der Waals surface area contributed by atoms with Gasteiger partial charge in [-0.2, -0.15) is 0 Å². The third-order valence-corrected chi connectivity index (χ3v) is 4.57. The number of aryl methyl sites for hydroxylation is 1. The van der Waals surface area contributed by atoms with Gasteiger partial charge in [0.15, 0.2) is 0 Å². The second kappa shape index (κ2) is 9.82. The Morgan fingerprint density at radius 3 is 2.52 bits per heavy atom. The summed E-state index contributed by atoms with van der Waals surface area (Å²) >= 11 is 3.43. The number of hydrogen-bond donors (Lipinski definition) is 0. The average Bonchev–Trinajstić information content (AvgIpc) is 2.57. The Balaban J connectivity index is 2.01. The van der Waals surface area contributed by atoms with Crippen molar-refractivity contribution in [3.05, 3.63) is 35.9 Å². The molecule has 0 atom stereocenters. The first-order chi connectivity index (χ1) is 11.3. The smallest absolute Gasteiger partial charge is 0.122 e. The van der Waals surface area contributed by atoms with Crippen LogP contribution < -0.4 is 9.47 Å². The molecule has 23 heavy (non-hydrogen) atoms.